The molecule has 0 saturated heterocycles. The Hall–Kier alpha value is -0.670. The lowest BCUT2D eigenvalue weighted by Gasteiger charge is -2.12. The zero-order valence-electron chi connectivity index (χ0n) is 7.85. The average Bonchev–Trinajstić information content (AvgIpc) is 2.80. The van der Waals surface area contributed by atoms with E-state index in [4.69, 9.17) is 4.74 Å². The fourth-order valence-electron chi connectivity index (χ4n) is 1.72. The maximum atomic E-state index is 12.3. The molecule has 1 unspecified atom stereocenters. The Morgan fingerprint density at radius 3 is 2.54 bits per heavy atom. The van der Waals surface area contributed by atoms with E-state index >= 15 is 0 Å². The first kappa shape index (κ1) is 10.4. The zero-order chi connectivity index (χ0) is 10.1. The van der Waals surface area contributed by atoms with Crippen LogP contribution in [-0.2, 0) is 9.53 Å². The number of carbonyl (C=O) groups is 1. The number of ether oxygens (including phenoxy) is 1. The number of rotatable bonds is 4. The first-order valence-electron chi connectivity index (χ1n) is 4.53. The van der Waals surface area contributed by atoms with Gasteiger partial charge in [-0.05, 0) is 19.8 Å². The number of hydrogen-bond acceptors (Lipinski definition) is 2. The van der Waals surface area contributed by atoms with Gasteiger partial charge in [-0.15, -0.1) is 0 Å². The monoisotopic (exact) mass is 192 g/mol. The van der Waals surface area contributed by atoms with Crippen molar-refractivity contribution in [3.05, 3.63) is 0 Å². The molecular weight excluding hydrogens is 178 g/mol. The van der Waals surface area contributed by atoms with Crippen molar-refractivity contribution in [1.29, 1.82) is 0 Å². The van der Waals surface area contributed by atoms with Gasteiger partial charge in [0.05, 0.1) is 12.0 Å². The van der Waals surface area contributed by atoms with Crippen LogP contribution in [-0.4, -0.2) is 19.0 Å². The zero-order valence-corrected chi connectivity index (χ0v) is 7.85. The van der Waals surface area contributed by atoms with Crippen molar-refractivity contribution >= 4 is 5.97 Å². The molecule has 1 rings (SSSR count). The summed E-state index contributed by atoms with van der Waals surface area (Å²) in [5, 5.41) is 0. The van der Waals surface area contributed by atoms with Gasteiger partial charge in [-0.1, -0.05) is 6.92 Å². The van der Waals surface area contributed by atoms with Crippen molar-refractivity contribution in [2.45, 2.75) is 33.1 Å². The molecule has 1 aliphatic rings. The standard InChI is InChI=1S/C9H14F2O2/c1-3-9(8(12)13-4-2)5-6(9)7(10)11/h6-7H,3-5H2,1-2H3/t6?,9-/m1/s1. The molecule has 4 heteroatoms. The third kappa shape index (κ3) is 1.67. The lowest BCUT2D eigenvalue weighted by molar-refractivity contribution is -0.151. The lowest BCUT2D eigenvalue weighted by atomic mass is 10.0. The lowest BCUT2D eigenvalue weighted by Crippen LogP contribution is -2.22. The van der Waals surface area contributed by atoms with Crippen LogP contribution >= 0.6 is 0 Å². The summed E-state index contributed by atoms with van der Waals surface area (Å²) < 4.78 is 29.4. The highest BCUT2D eigenvalue weighted by molar-refractivity contribution is 5.80. The molecule has 0 aromatic rings. The van der Waals surface area contributed by atoms with E-state index in [1.807, 2.05) is 0 Å². The van der Waals surface area contributed by atoms with Gasteiger partial charge in [0, 0.05) is 5.92 Å². The molecule has 0 N–H and O–H groups in total. The number of halogens is 2. The Labute approximate surface area is 76.3 Å². The molecule has 76 valence electrons. The molecule has 0 aliphatic heterocycles. The summed E-state index contributed by atoms with van der Waals surface area (Å²) in [4.78, 5) is 11.3. The van der Waals surface area contributed by atoms with Crippen molar-refractivity contribution < 1.29 is 18.3 Å². The summed E-state index contributed by atoms with van der Waals surface area (Å²) in [7, 11) is 0. The third-order valence-corrected chi connectivity index (χ3v) is 2.75. The van der Waals surface area contributed by atoms with Crippen LogP contribution < -0.4 is 0 Å². The van der Waals surface area contributed by atoms with E-state index in [1.165, 1.54) is 0 Å². The van der Waals surface area contributed by atoms with Crippen LogP contribution in [0.3, 0.4) is 0 Å². The number of hydrogen-bond donors (Lipinski definition) is 0. The highest BCUT2D eigenvalue weighted by Gasteiger charge is 2.63. The van der Waals surface area contributed by atoms with E-state index in [-0.39, 0.29) is 13.0 Å². The molecule has 2 nitrogen and oxygen atoms in total. The van der Waals surface area contributed by atoms with Gasteiger partial charge in [0.15, 0.2) is 0 Å². The van der Waals surface area contributed by atoms with Gasteiger partial charge in [-0.25, -0.2) is 8.78 Å². The van der Waals surface area contributed by atoms with Crippen molar-refractivity contribution in [3.63, 3.8) is 0 Å². The predicted octanol–water partition coefficient (Wildman–Crippen LogP) is 2.23. The van der Waals surface area contributed by atoms with Gasteiger partial charge in [0.25, 0.3) is 0 Å². The van der Waals surface area contributed by atoms with E-state index in [0.717, 1.165) is 0 Å². The van der Waals surface area contributed by atoms with Gasteiger partial charge >= 0.3 is 5.97 Å². The highest BCUT2D eigenvalue weighted by atomic mass is 19.3. The topological polar surface area (TPSA) is 26.3 Å². The average molecular weight is 192 g/mol. The van der Waals surface area contributed by atoms with Crippen LogP contribution in [0.25, 0.3) is 0 Å². The second-order valence-electron chi connectivity index (χ2n) is 3.38. The third-order valence-electron chi connectivity index (χ3n) is 2.75. The molecule has 0 radical (unpaired) electrons. The minimum atomic E-state index is -2.40. The normalized spacial score (nSPS) is 31.9. The van der Waals surface area contributed by atoms with E-state index in [9.17, 15) is 13.6 Å². The van der Waals surface area contributed by atoms with Crippen LogP contribution in [0.1, 0.15) is 26.7 Å². The fraction of sp³-hybridized carbons (Fsp3) is 0.889. The predicted molar refractivity (Wildman–Crippen MR) is 43.5 cm³/mol. The molecule has 1 fully saturated rings. The van der Waals surface area contributed by atoms with Crippen molar-refractivity contribution in [2.24, 2.45) is 11.3 Å². The molecule has 0 aromatic heterocycles. The van der Waals surface area contributed by atoms with Crippen LogP contribution in [0, 0.1) is 11.3 Å². The van der Waals surface area contributed by atoms with E-state index in [2.05, 4.69) is 0 Å². The molecule has 0 heterocycles. The van der Waals surface area contributed by atoms with Crippen LogP contribution in [0.4, 0.5) is 8.78 Å². The minimum Gasteiger partial charge on any atom is -0.466 e. The van der Waals surface area contributed by atoms with Gasteiger partial charge < -0.3 is 4.74 Å². The Morgan fingerprint density at radius 1 is 1.62 bits per heavy atom. The quantitative estimate of drug-likeness (QED) is 0.638. The van der Waals surface area contributed by atoms with Crippen molar-refractivity contribution in [1.82, 2.24) is 0 Å². The van der Waals surface area contributed by atoms with Crippen LogP contribution in [0.2, 0.25) is 0 Å². The summed E-state index contributed by atoms with van der Waals surface area (Å²) in [6.07, 6.45) is -1.68. The molecule has 2 atom stereocenters. The van der Waals surface area contributed by atoms with E-state index < -0.39 is 23.7 Å². The molecule has 1 saturated carbocycles. The van der Waals surface area contributed by atoms with Crippen molar-refractivity contribution in [2.75, 3.05) is 6.61 Å². The molecule has 1 aliphatic carbocycles. The van der Waals surface area contributed by atoms with Crippen LogP contribution in [0.15, 0.2) is 0 Å². The summed E-state index contributed by atoms with van der Waals surface area (Å²) in [5.41, 5.74) is -0.871. The number of esters is 1. The minimum absolute atomic E-state index is 0.260. The van der Waals surface area contributed by atoms with Gasteiger partial charge in [0.1, 0.15) is 0 Å². The summed E-state index contributed by atoms with van der Waals surface area (Å²) in [5.74, 6) is -1.24. The molecule has 0 amide bonds. The highest BCUT2D eigenvalue weighted by Crippen LogP contribution is 2.58. The molecule has 13 heavy (non-hydrogen) atoms. The molecular formula is C9H14F2O2. The Morgan fingerprint density at radius 2 is 2.23 bits per heavy atom. The second kappa shape index (κ2) is 3.60. The second-order valence-corrected chi connectivity index (χ2v) is 3.38. The molecule has 0 aromatic carbocycles. The summed E-state index contributed by atoms with van der Waals surface area (Å²) in [6.45, 7) is 3.69. The summed E-state index contributed by atoms with van der Waals surface area (Å²) >= 11 is 0. The van der Waals surface area contributed by atoms with Crippen LogP contribution in [0.5, 0.6) is 0 Å². The largest absolute Gasteiger partial charge is 0.466 e. The van der Waals surface area contributed by atoms with Crippen molar-refractivity contribution in [3.8, 4) is 0 Å². The fourth-order valence-corrected chi connectivity index (χ4v) is 1.72. The number of carbonyl (C=O) groups excluding carboxylic acids is 1. The maximum Gasteiger partial charge on any atom is 0.312 e. The maximum absolute atomic E-state index is 12.3. The Balaban J connectivity index is 2.59. The van der Waals surface area contributed by atoms with E-state index in [1.54, 1.807) is 13.8 Å². The van der Waals surface area contributed by atoms with E-state index in [0.29, 0.717) is 6.42 Å². The Kier molecular flexibility index (Phi) is 2.88. The Bertz CT molecular complexity index is 206. The summed E-state index contributed by atoms with van der Waals surface area (Å²) in [6, 6.07) is 0. The first-order valence-corrected chi connectivity index (χ1v) is 4.53. The SMILES string of the molecule is CCOC(=O)[C@]1(CC)CC1C(F)F. The van der Waals surface area contributed by atoms with Gasteiger partial charge in [0.2, 0.25) is 6.43 Å². The first-order chi connectivity index (χ1) is 6.08. The molecule has 0 spiro atoms. The molecule has 0 bridgehead atoms. The van der Waals surface area contributed by atoms with Gasteiger partial charge in [-0.3, -0.25) is 4.79 Å². The smallest absolute Gasteiger partial charge is 0.312 e. The van der Waals surface area contributed by atoms with Gasteiger partial charge in [-0.2, -0.15) is 0 Å². The number of alkyl halides is 2.